The van der Waals surface area contributed by atoms with Gasteiger partial charge in [-0.2, -0.15) is 0 Å². The highest BCUT2D eigenvalue weighted by Crippen LogP contribution is 2.23. The molecule has 1 atom stereocenters. The maximum atomic E-state index is 6.03. The lowest BCUT2D eigenvalue weighted by Gasteiger charge is -2.32. The van der Waals surface area contributed by atoms with Crippen molar-refractivity contribution in [1.29, 1.82) is 0 Å². The van der Waals surface area contributed by atoms with E-state index in [1.807, 2.05) is 12.1 Å². The molecule has 102 valence electrons. The SMILES string of the molecule is CN1CCCCC1CCn1ccc2cc(Cl)ccc21. The van der Waals surface area contributed by atoms with Gasteiger partial charge in [0.05, 0.1) is 0 Å². The molecule has 1 aromatic heterocycles. The Bertz CT molecular complexity index is 561. The lowest BCUT2D eigenvalue weighted by molar-refractivity contribution is 0.171. The first-order valence-electron chi connectivity index (χ1n) is 7.19. The molecule has 2 heterocycles. The number of aromatic nitrogens is 1. The van der Waals surface area contributed by atoms with Crippen LogP contribution in [0.5, 0.6) is 0 Å². The summed E-state index contributed by atoms with van der Waals surface area (Å²) < 4.78 is 2.36. The first-order valence-corrected chi connectivity index (χ1v) is 7.56. The van der Waals surface area contributed by atoms with Crippen molar-refractivity contribution in [3.8, 4) is 0 Å². The molecule has 0 N–H and O–H groups in total. The fourth-order valence-electron chi connectivity index (χ4n) is 3.16. The Morgan fingerprint density at radius 1 is 1.26 bits per heavy atom. The Hall–Kier alpha value is -0.990. The zero-order valence-corrected chi connectivity index (χ0v) is 12.2. The van der Waals surface area contributed by atoms with Crippen LogP contribution < -0.4 is 0 Å². The van der Waals surface area contributed by atoms with Crippen LogP contribution in [0.3, 0.4) is 0 Å². The number of benzene rings is 1. The second-order valence-electron chi connectivity index (χ2n) is 5.63. The number of hydrogen-bond donors (Lipinski definition) is 0. The minimum atomic E-state index is 0.749. The van der Waals surface area contributed by atoms with E-state index >= 15 is 0 Å². The molecule has 19 heavy (non-hydrogen) atoms. The number of halogens is 1. The van der Waals surface area contributed by atoms with Gasteiger partial charge < -0.3 is 9.47 Å². The Kier molecular flexibility index (Phi) is 3.81. The van der Waals surface area contributed by atoms with Crippen LogP contribution in [0.2, 0.25) is 5.02 Å². The van der Waals surface area contributed by atoms with Crippen LogP contribution >= 0.6 is 11.6 Å². The fourth-order valence-corrected chi connectivity index (χ4v) is 3.34. The second kappa shape index (κ2) is 5.56. The van der Waals surface area contributed by atoms with Gasteiger partial charge in [-0.3, -0.25) is 0 Å². The Morgan fingerprint density at radius 2 is 2.16 bits per heavy atom. The number of likely N-dealkylation sites (tertiary alicyclic amines) is 1. The monoisotopic (exact) mass is 276 g/mol. The van der Waals surface area contributed by atoms with Gasteiger partial charge in [0.25, 0.3) is 0 Å². The molecule has 1 saturated heterocycles. The van der Waals surface area contributed by atoms with Crippen molar-refractivity contribution in [1.82, 2.24) is 9.47 Å². The van der Waals surface area contributed by atoms with Crippen LogP contribution in [0.4, 0.5) is 0 Å². The molecule has 0 aliphatic carbocycles. The van der Waals surface area contributed by atoms with Crippen LogP contribution in [0.1, 0.15) is 25.7 Å². The van der Waals surface area contributed by atoms with Gasteiger partial charge in [-0.1, -0.05) is 18.0 Å². The van der Waals surface area contributed by atoms with E-state index in [2.05, 4.69) is 34.8 Å². The van der Waals surface area contributed by atoms with E-state index in [9.17, 15) is 0 Å². The molecule has 1 fully saturated rings. The van der Waals surface area contributed by atoms with Gasteiger partial charge in [0, 0.05) is 34.7 Å². The van der Waals surface area contributed by atoms with Gasteiger partial charge in [0.1, 0.15) is 0 Å². The maximum Gasteiger partial charge on any atom is 0.0481 e. The maximum absolute atomic E-state index is 6.03. The molecule has 1 aromatic carbocycles. The van der Waals surface area contributed by atoms with Crippen LogP contribution in [0.25, 0.3) is 10.9 Å². The minimum Gasteiger partial charge on any atom is -0.347 e. The number of aryl methyl sites for hydroxylation is 1. The molecule has 0 radical (unpaired) electrons. The van der Waals surface area contributed by atoms with Crippen LogP contribution in [-0.2, 0) is 6.54 Å². The first-order chi connectivity index (χ1) is 9.24. The average molecular weight is 277 g/mol. The van der Waals surface area contributed by atoms with Crippen LogP contribution in [0.15, 0.2) is 30.5 Å². The molecule has 3 heteroatoms. The smallest absolute Gasteiger partial charge is 0.0481 e. The summed E-state index contributed by atoms with van der Waals surface area (Å²) in [6.07, 6.45) is 7.52. The van der Waals surface area contributed by atoms with E-state index in [0.29, 0.717) is 0 Å². The van der Waals surface area contributed by atoms with E-state index in [1.165, 1.54) is 43.1 Å². The van der Waals surface area contributed by atoms with Crippen molar-refractivity contribution in [2.75, 3.05) is 13.6 Å². The summed E-state index contributed by atoms with van der Waals surface area (Å²) in [5, 5.41) is 2.06. The van der Waals surface area contributed by atoms with Crippen molar-refractivity contribution >= 4 is 22.5 Å². The van der Waals surface area contributed by atoms with Gasteiger partial charge in [0.15, 0.2) is 0 Å². The third-order valence-corrected chi connectivity index (χ3v) is 4.59. The van der Waals surface area contributed by atoms with Crippen LogP contribution in [-0.4, -0.2) is 29.1 Å². The third kappa shape index (κ3) is 2.80. The minimum absolute atomic E-state index is 0.749. The Labute approximate surface area is 120 Å². The number of fused-ring (bicyclic) bond motifs is 1. The van der Waals surface area contributed by atoms with Crippen molar-refractivity contribution < 1.29 is 0 Å². The summed E-state index contributed by atoms with van der Waals surface area (Å²) in [5.41, 5.74) is 1.29. The highest BCUT2D eigenvalue weighted by atomic mass is 35.5. The van der Waals surface area contributed by atoms with Crippen LogP contribution in [0, 0.1) is 0 Å². The van der Waals surface area contributed by atoms with E-state index < -0.39 is 0 Å². The molecule has 0 bridgehead atoms. The molecule has 0 amide bonds. The van der Waals surface area contributed by atoms with E-state index in [1.54, 1.807) is 0 Å². The molecule has 0 spiro atoms. The quantitative estimate of drug-likeness (QED) is 0.817. The molecule has 0 saturated carbocycles. The largest absolute Gasteiger partial charge is 0.347 e. The molecular formula is C16H21ClN2. The lowest BCUT2D eigenvalue weighted by Crippen LogP contribution is -2.36. The fraction of sp³-hybridized carbons (Fsp3) is 0.500. The number of rotatable bonds is 3. The van der Waals surface area contributed by atoms with Crippen molar-refractivity contribution in [3.63, 3.8) is 0 Å². The second-order valence-corrected chi connectivity index (χ2v) is 6.07. The standard InChI is InChI=1S/C16H21ClN2/c1-18-9-3-2-4-15(18)8-11-19-10-7-13-12-14(17)5-6-16(13)19/h5-7,10,12,15H,2-4,8-9,11H2,1H3. The molecular weight excluding hydrogens is 256 g/mol. The molecule has 3 rings (SSSR count). The molecule has 2 aromatic rings. The average Bonchev–Trinajstić information content (AvgIpc) is 2.80. The van der Waals surface area contributed by atoms with E-state index in [-0.39, 0.29) is 0 Å². The normalized spacial score (nSPS) is 21.1. The molecule has 1 aliphatic heterocycles. The predicted octanol–water partition coefficient (Wildman–Crippen LogP) is 4.17. The first kappa shape index (κ1) is 13.0. The number of hydrogen-bond acceptors (Lipinski definition) is 1. The zero-order chi connectivity index (χ0) is 13.2. The van der Waals surface area contributed by atoms with E-state index in [4.69, 9.17) is 11.6 Å². The number of nitrogens with zero attached hydrogens (tertiary/aromatic N) is 2. The third-order valence-electron chi connectivity index (χ3n) is 4.36. The summed E-state index contributed by atoms with van der Waals surface area (Å²) in [6, 6.07) is 9.06. The summed E-state index contributed by atoms with van der Waals surface area (Å²) >= 11 is 6.03. The van der Waals surface area contributed by atoms with Crippen molar-refractivity contribution in [2.24, 2.45) is 0 Å². The highest BCUT2D eigenvalue weighted by Gasteiger charge is 2.18. The lowest BCUT2D eigenvalue weighted by atomic mass is 10.0. The van der Waals surface area contributed by atoms with Gasteiger partial charge in [0.2, 0.25) is 0 Å². The zero-order valence-electron chi connectivity index (χ0n) is 11.5. The van der Waals surface area contributed by atoms with Gasteiger partial charge in [-0.25, -0.2) is 0 Å². The van der Waals surface area contributed by atoms with Gasteiger partial charge in [-0.05, 0) is 57.1 Å². The Morgan fingerprint density at radius 3 is 3.00 bits per heavy atom. The predicted molar refractivity (Wildman–Crippen MR) is 81.8 cm³/mol. The van der Waals surface area contributed by atoms with Crippen molar-refractivity contribution in [3.05, 3.63) is 35.5 Å². The molecule has 2 nitrogen and oxygen atoms in total. The molecule has 1 aliphatic rings. The highest BCUT2D eigenvalue weighted by molar-refractivity contribution is 6.31. The van der Waals surface area contributed by atoms with Crippen molar-refractivity contribution in [2.45, 2.75) is 38.3 Å². The number of piperidine rings is 1. The summed E-state index contributed by atoms with van der Waals surface area (Å²) in [5.74, 6) is 0. The van der Waals surface area contributed by atoms with Gasteiger partial charge >= 0.3 is 0 Å². The van der Waals surface area contributed by atoms with Gasteiger partial charge in [-0.15, -0.1) is 0 Å². The summed E-state index contributed by atoms with van der Waals surface area (Å²) in [6.45, 7) is 2.35. The van der Waals surface area contributed by atoms with E-state index in [0.717, 1.165) is 17.6 Å². The summed E-state index contributed by atoms with van der Waals surface area (Å²) in [7, 11) is 2.26. The molecule has 1 unspecified atom stereocenters. The topological polar surface area (TPSA) is 8.17 Å². The Balaban J connectivity index is 1.71. The summed E-state index contributed by atoms with van der Waals surface area (Å²) in [4.78, 5) is 2.52.